The average Bonchev–Trinajstić information content (AvgIpc) is 2.97. The van der Waals surface area contributed by atoms with Crippen LogP contribution in [0.25, 0.3) is 0 Å². The first kappa shape index (κ1) is 14.8. The quantitative estimate of drug-likeness (QED) is 0.857. The van der Waals surface area contributed by atoms with Gasteiger partial charge in [0.15, 0.2) is 0 Å². The summed E-state index contributed by atoms with van der Waals surface area (Å²) in [5.41, 5.74) is 0. The lowest BCUT2D eigenvalue weighted by atomic mass is 9.92. The van der Waals surface area contributed by atoms with Crippen molar-refractivity contribution in [3.63, 3.8) is 0 Å². The van der Waals surface area contributed by atoms with Crippen LogP contribution in [-0.4, -0.2) is 49.3 Å². The second-order valence-electron chi connectivity index (χ2n) is 7.14. The third-order valence-corrected chi connectivity index (χ3v) is 5.81. The van der Waals surface area contributed by atoms with E-state index in [0.29, 0.717) is 12.1 Å². The van der Waals surface area contributed by atoms with Crippen molar-refractivity contribution in [1.29, 1.82) is 0 Å². The summed E-state index contributed by atoms with van der Waals surface area (Å²) >= 11 is 0. The van der Waals surface area contributed by atoms with Gasteiger partial charge < -0.3 is 15.0 Å². The second kappa shape index (κ2) is 7.24. The summed E-state index contributed by atoms with van der Waals surface area (Å²) in [5, 5.41) is 3.90. The Morgan fingerprint density at radius 1 is 0.850 bits per heavy atom. The molecule has 0 spiro atoms. The molecule has 3 rings (SSSR count). The molecule has 20 heavy (non-hydrogen) atoms. The van der Waals surface area contributed by atoms with Crippen LogP contribution in [0.15, 0.2) is 0 Å². The Labute approximate surface area is 124 Å². The molecule has 2 aliphatic carbocycles. The Hall–Kier alpha value is -0.120. The van der Waals surface area contributed by atoms with E-state index in [2.05, 4.69) is 10.2 Å². The first-order valence-electron chi connectivity index (χ1n) is 8.88. The van der Waals surface area contributed by atoms with Crippen molar-refractivity contribution in [3.8, 4) is 0 Å². The van der Waals surface area contributed by atoms with E-state index in [1.165, 1.54) is 77.3 Å². The fourth-order valence-corrected chi connectivity index (χ4v) is 4.52. The van der Waals surface area contributed by atoms with Crippen LogP contribution in [0.3, 0.4) is 0 Å². The molecule has 1 heterocycles. The second-order valence-corrected chi connectivity index (χ2v) is 7.14. The first-order chi connectivity index (χ1) is 9.85. The van der Waals surface area contributed by atoms with Crippen molar-refractivity contribution in [2.24, 2.45) is 0 Å². The highest BCUT2D eigenvalue weighted by Gasteiger charge is 2.29. The van der Waals surface area contributed by atoms with Gasteiger partial charge in [-0.25, -0.2) is 0 Å². The molecule has 0 aromatic carbocycles. The number of piperidine rings is 1. The molecular formula is C17H32N2O. The Balaban J connectivity index is 1.38. The number of hydrogen-bond donors (Lipinski definition) is 1. The van der Waals surface area contributed by atoms with E-state index in [4.69, 9.17) is 4.74 Å². The van der Waals surface area contributed by atoms with E-state index in [0.717, 1.165) is 12.1 Å². The van der Waals surface area contributed by atoms with Gasteiger partial charge in [-0.15, -0.1) is 0 Å². The lowest BCUT2D eigenvalue weighted by Crippen LogP contribution is -2.49. The van der Waals surface area contributed by atoms with Gasteiger partial charge in [-0.05, 0) is 58.0 Å². The number of hydrogen-bond acceptors (Lipinski definition) is 3. The minimum atomic E-state index is 0.509. The van der Waals surface area contributed by atoms with Gasteiger partial charge in [-0.3, -0.25) is 0 Å². The maximum Gasteiger partial charge on any atom is 0.0586 e. The Morgan fingerprint density at radius 2 is 1.60 bits per heavy atom. The minimum absolute atomic E-state index is 0.509. The zero-order valence-electron chi connectivity index (χ0n) is 13.2. The highest BCUT2D eigenvalue weighted by Crippen LogP contribution is 2.27. The van der Waals surface area contributed by atoms with Crippen LogP contribution >= 0.6 is 0 Å². The SMILES string of the molecule is COC1CCC(NC2CCN(C3CCCCC3)CC2)C1. The summed E-state index contributed by atoms with van der Waals surface area (Å²) in [6.45, 7) is 2.64. The summed E-state index contributed by atoms with van der Waals surface area (Å²) in [7, 11) is 1.86. The minimum Gasteiger partial charge on any atom is -0.381 e. The van der Waals surface area contributed by atoms with Gasteiger partial charge in [0.2, 0.25) is 0 Å². The molecule has 3 nitrogen and oxygen atoms in total. The topological polar surface area (TPSA) is 24.5 Å². The molecule has 1 N–H and O–H groups in total. The molecule has 116 valence electrons. The number of nitrogens with zero attached hydrogens (tertiary/aromatic N) is 1. The van der Waals surface area contributed by atoms with Crippen LogP contribution in [0.2, 0.25) is 0 Å². The van der Waals surface area contributed by atoms with Gasteiger partial charge in [-0.2, -0.15) is 0 Å². The zero-order chi connectivity index (χ0) is 13.8. The van der Waals surface area contributed by atoms with Gasteiger partial charge in [0.05, 0.1) is 6.10 Å². The third-order valence-electron chi connectivity index (χ3n) is 5.81. The summed E-state index contributed by atoms with van der Waals surface area (Å²) < 4.78 is 5.48. The van der Waals surface area contributed by atoms with E-state index in [9.17, 15) is 0 Å². The van der Waals surface area contributed by atoms with Crippen molar-refractivity contribution in [2.75, 3.05) is 20.2 Å². The molecule has 3 heteroatoms. The van der Waals surface area contributed by atoms with Gasteiger partial charge in [0.1, 0.15) is 0 Å². The number of methoxy groups -OCH3 is 1. The highest BCUT2D eigenvalue weighted by atomic mass is 16.5. The molecule has 3 fully saturated rings. The molecule has 0 amide bonds. The van der Waals surface area contributed by atoms with Crippen molar-refractivity contribution in [1.82, 2.24) is 10.2 Å². The van der Waals surface area contributed by atoms with Crippen molar-refractivity contribution in [2.45, 2.75) is 88.4 Å². The fraction of sp³-hybridized carbons (Fsp3) is 1.00. The summed E-state index contributed by atoms with van der Waals surface area (Å²) in [4.78, 5) is 2.78. The lowest BCUT2D eigenvalue weighted by molar-refractivity contribution is 0.101. The Bertz CT molecular complexity index is 283. The van der Waals surface area contributed by atoms with E-state index >= 15 is 0 Å². The normalized spacial score (nSPS) is 34.6. The molecule has 1 saturated heterocycles. The maximum absolute atomic E-state index is 5.48. The molecule has 0 aromatic heterocycles. The molecule has 0 aromatic rings. The van der Waals surface area contributed by atoms with Crippen LogP contribution in [-0.2, 0) is 4.74 Å². The molecule has 2 atom stereocenters. The van der Waals surface area contributed by atoms with Gasteiger partial charge in [-0.1, -0.05) is 19.3 Å². The lowest BCUT2D eigenvalue weighted by Gasteiger charge is -2.40. The molecule has 0 bridgehead atoms. The average molecular weight is 280 g/mol. The Morgan fingerprint density at radius 3 is 2.25 bits per heavy atom. The van der Waals surface area contributed by atoms with Crippen molar-refractivity contribution >= 4 is 0 Å². The zero-order valence-corrected chi connectivity index (χ0v) is 13.2. The largest absolute Gasteiger partial charge is 0.381 e. The first-order valence-corrected chi connectivity index (χ1v) is 8.88. The number of likely N-dealkylation sites (tertiary alicyclic amines) is 1. The molecule has 3 aliphatic rings. The smallest absolute Gasteiger partial charge is 0.0586 e. The van der Waals surface area contributed by atoms with E-state index < -0.39 is 0 Å². The standard InChI is InChI=1S/C17H32N2O/c1-20-17-8-7-15(13-17)18-14-9-11-19(12-10-14)16-5-3-2-4-6-16/h14-18H,2-13H2,1H3. The van der Waals surface area contributed by atoms with E-state index in [1.54, 1.807) is 0 Å². The van der Waals surface area contributed by atoms with Crippen LogP contribution < -0.4 is 5.32 Å². The number of rotatable bonds is 4. The van der Waals surface area contributed by atoms with Crippen LogP contribution in [0, 0.1) is 0 Å². The predicted octanol–water partition coefficient (Wildman–Crippen LogP) is 2.94. The molecule has 2 unspecified atom stereocenters. The van der Waals surface area contributed by atoms with Gasteiger partial charge in [0.25, 0.3) is 0 Å². The molecule has 1 aliphatic heterocycles. The van der Waals surface area contributed by atoms with E-state index in [1.807, 2.05) is 7.11 Å². The van der Waals surface area contributed by atoms with Crippen molar-refractivity contribution in [3.05, 3.63) is 0 Å². The summed E-state index contributed by atoms with van der Waals surface area (Å²) in [5.74, 6) is 0. The van der Waals surface area contributed by atoms with Crippen LogP contribution in [0.5, 0.6) is 0 Å². The van der Waals surface area contributed by atoms with Gasteiger partial charge in [0, 0.05) is 25.2 Å². The highest BCUT2D eigenvalue weighted by molar-refractivity contribution is 4.88. The van der Waals surface area contributed by atoms with Crippen molar-refractivity contribution < 1.29 is 4.74 Å². The number of nitrogens with one attached hydrogen (secondary N) is 1. The van der Waals surface area contributed by atoms with Gasteiger partial charge >= 0.3 is 0 Å². The Kier molecular flexibility index (Phi) is 5.36. The maximum atomic E-state index is 5.48. The fourth-order valence-electron chi connectivity index (χ4n) is 4.52. The molecule has 0 radical (unpaired) electrons. The van der Waals surface area contributed by atoms with Crippen LogP contribution in [0.1, 0.15) is 64.2 Å². The third kappa shape index (κ3) is 3.75. The molecular weight excluding hydrogens is 248 g/mol. The summed E-state index contributed by atoms with van der Waals surface area (Å²) in [6, 6.07) is 2.38. The predicted molar refractivity (Wildman–Crippen MR) is 83.0 cm³/mol. The van der Waals surface area contributed by atoms with Crippen LogP contribution in [0.4, 0.5) is 0 Å². The summed E-state index contributed by atoms with van der Waals surface area (Å²) in [6.07, 6.45) is 14.3. The van der Waals surface area contributed by atoms with E-state index in [-0.39, 0.29) is 0 Å². The molecule has 2 saturated carbocycles. The number of ether oxygens (including phenoxy) is 1. The monoisotopic (exact) mass is 280 g/mol.